The van der Waals surface area contributed by atoms with Gasteiger partial charge in [-0.3, -0.25) is 4.79 Å². The fraction of sp³-hybridized carbons (Fsp3) is 0.370. The Morgan fingerprint density at radius 2 is 1.71 bits per heavy atom. The van der Waals surface area contributed by atoms with Crippen LogP contribution in [0.15, 0.2) is 48.5 Å². The number of amides is 1. The zero-order valence-corrected chi connectivity index (χ0v) is 20.0. The molecule has 0 aliphatic carbocycles. The standard InChI is InChI=1S/C27H29FN4O3/c1-34-24-14-19-11-13-32(17-21(19)15-25(24)35-2)27(33)20-4-3-12-31(16-20)26-10-9-23(29-30-26)18-5-7-22(28)8-6-18/h5-10,14-15,20H,3-4,11-13,16-17H2,1-2H3. The van der Waals surface area contributed by atoms with Crippen LogP contribution in [0, 0.1) is 11.7 Å². The van der Waals surface area contributed by atoms with Crippen LogP contribution in [0.4, 0.5) is 10.2 Å². The first kappa shape index (κ1) is 23.1. The molecule has 1 saturated heterocycles. The summed E-state index contributed by atoms with van der Waals surface area (Å²) in [6, 6.07) is 14.0. The summed E-state index contributed by atoms with van der Waals surface area (Å²) in [5.74, 6) is 2.00. The molecule has 0 spiro atoms. The number of benzene rings is 2. The number of halogens is 1. The molecule has 1 unspecified atom stereocenters. The van der Waals surface area contributed by atoms with Crippen molar-refractivity contribution >= 4 is 11.7 Å². The zero-order valence-electron chi connectivity index (χ0n) is 20.0. The highest BCUT2D eigenvalue weighted by Crippen LogP contribution is 2.34. The van der Waals surface area contributed by atoms with Crippen molar-refractivity contribution in [1.29, 1.82) is 0 Å². The number of piperidine rings is 1. The number of hydrogen-bond donors (Lipinski definition) is 0. The minimum Gasteiger partial charge on any atom is -0.493 e. The van der Waals surface area contributed by atoms with Gasteiger partial charge >= 0.3 is 0 Å². The van der Waals surface area contributed by atoms with E-state index in [0.29, 0.717) is 31.1 Å². The molecule has 1 atom stereocenters. The zero-order chi connectivity index (χ0) is 24.4. The van der Waals surface area contributed by atoms with Crippen molar-refractivity contribution in [2.24, 2.45) is 5.92 Å². The van der Waals surface area contributed by atoms with Gasteiger partial charge in [0, 0.05) is 31.7 Å². The van der Waals surface area contributed by atoms with Crippen molar-refractivity contribution in [2.45, 2.75) is 25.8 Å². The Balaban J connectivity index is 1.26. The second kappa shape index (κ2) is 9.90. The molecule has 0 radical (unpaired) electrons. The van der Waals surface area contributed by atoms with Crippen molar-refractivity contribution in [3.05, 3.63) is 65.5 Å². The number of carbonyl (C=O) groups is 1. The topological polar surface area (TPSA) is 67.8 Å². The SMILES string of the molecule is COc1cc2c(cc1OC)CN(C(=O)C1CCCN(c3ccc(-c4ccc(F)cc4)nn3)C1)CC2. The summed E-state index contributed by atoms with van der Waals surface area (Å²) < 4.78 is 24.1. The molecule has 7 nitrogen and oxygen atoms in total. The van der Waals surface area contributed by atoms with Gasteiger partial charge in [0.1, 0.15) is 5.82 Å². The maximum atomic E-state index is 13.5. The third kappa shape index (κ3) is 4.78. The summed E-state index contributed by atoms with van der Waals surface area (Å²) >= 11 is 0. The van der Waals surface area contributed by atoms with Gasteiger partial charge in [0.05, 0.1) is 25.8 Å². The predicted molar refractivity (Wildman–Crippen MR) is 131 cm³/mol. The lowest BCUT2D eigenvalue weighted by Crippen LogP contribution is -2.46. The van der Waals surface area contributed by atoms with E-state index < -0.39 is 0 Å². The molecule has 2 aromatic carbocycles. The molecule has 35 heavy (non-hydrogen) atoms. The average Bonchev–Trinajstić information content (AvgIpc) is 2.92. The number of hydrogen-bond acceptors (Lipinski definition) is 6. The Kier molecular flexibility index (Phi) is 6.53. The molecule has 5 rings (SSSR count). The molecular weight excluding hydrogens is 447 g/mol. The van der Waals surface area contributed by atoms with E-state index in [1.165, 1.54) is 17.7 Å². The summed E-state index contributed by atoms with van der Waals surface area (Å²) in [5.41, 5.74) is 3.82. The van der Waals surface area contributed by atoms with Crippen LogP contribution >= 0.6 is 0 Å². The number of anilines is 1. The van der Waals surface area contributed by atoms with Crippen molar-refractivity contribution in [3.63, 3.8) is 0 Å². The van der Waals surface area contributed by atoms with Gasteiger partial charge in [0.15, 0.2) is 17.3 Å². The Hall–Kier alpha value is -3.68. The Labute approximate surface area is 204 Å². The molecular formula is C27H29FN4O3. The summed E-state index contributed by atoms with van der Waals surface area (Å²) in [6.45, 7) is 2.74. The average molecular weight is 477 g/mol. The van der Waals surface area contributed by atoms with Crippen molar-refractivity contribution in [1.82, 2.24) is 15.1 Å². The highest BCUT2D eigenvalue weighted by Gasteiger charge is 2.32. The lowest BCUT2D eigenvalue weighted by molar-refractivity contribution is -0.136. The van der Waals surface area contributed by atoms with Crippen molar-refractivity contribution in [2.75, 3.05) is 38.8 Å². The van der Waals surface area contributed by atoms with E-state index >= 15 is 0 Å². The van der Waals surface area contributed by atoms with Gasteiger partial charge in [0.2, 0.25) is 5.91 Å². The van der Waals surface area contributed by atoms with Crippen LogP contribution in [0.25, 0.3) is 11.3 Å². The maximum absolute atomic E-state index is 13.5. The summed E-state index contributed by atoms with van der Waals surface area (Å²) in [6.07, 6.45) is 2.59. The molecule has 0 saturated carbocycles. The molecule has 3 heterocycles. The number of fused-ring (bicyclic) bond motifs is 1. The molecule has 3 aromatic rings. The van der Waals surface area contributed by atoms with E-state index in [0.717, 1.165) is 48.5 Å². The van der Waals surface area contributed by atoms with Gasteiger partial charge in [-0.2, -0.15) is 0 Å². The van der Waals surface area contributed by atoms with Crippen LogP contribution in [-0.2, 0) is 17.8 Å². The number of nitrogens with zero attached hydrogens (tertiary/aromatic N) is 4. The van der Waals surface area contributed by atoms with E-state index in [1.54, 1.807) is 26.4 Å². The molecule has 0 bridgehead atoms. The van der Waals surface area contributed by atoms with Gasteiger partial charge in [0.25, 0.3) is 0 Å². The van der Waals surface area contributed by atoms with Gasteiger partial charge in [-0.05, 0) is 78.9 Å². The highest BCUT2D eigenvalue weighted by atomic mass is 19.1. The maximum Gasteiger partial charge on any atom is 0.227 e. The van der Waals surface area contributed by atoms with Gasteiger partial charge in [-0.15, -0.1) is 10.2 Å². The first-order valence-corrected chi connectivity index (χ1v) is 11.9. The van der Waals surface area contributed by atoms with Crippen LogP contribution in [-0.4, -0.2) is 54.9 Å². The number of carbonyl (C=O) groups excluding carboxylic acids is 1. The molecule has 1 amide bonds. The van der Waals surface area contributed by atoms with Crippen LogP contribution in [0.2, 0.25) is 0 Å². The van der Waals surface area contributed by atoms with E-state index in [9.17, 15) is 9.18 Å². The molecule has 182 valence electrons. The fourth-order valence-electron chi connectivity index (χ4n) is 4.98. The predicted octanol–water partition coefficient (Wildman–Crippen LogP) is 4.10. The summed E-state index contributed by atoms with van der Waals surface area (Å²) in [4.78, 5) is 17.6. The molecule has 8 heteroatoms. The Morgan fingerprint density at radius 1 is 0.971 bits per heavy atom. The molecule has 1 aromatic heterocycles. The third-order valence-corrected chi connectivity index (χ3v) is 6.91. The lowest BCUT2D eigenvalue weighted by Gasteiger charge is -2.37. The van der Waals surface area contributed by atoms with E-state index in [1.807, 2.05) is 29.2 Å². The van der Waals surface area contributed by atoms with Crippen LogP contribution in [0.1, 0.15) is 24.0 Å². The quantitative estimate of drug-likeness (QED) is 0.552. The second-order valence-corrected chi connectivity index (χ2v) is 9.05. The fourth-order valence-corrected chi connectivity index (χ4v) is 4.98. The number of ether oxygens (including phenoxy) is 2. The van der Waals surface area contributed by atoms with Crippen LogP contribution < -0.4 is 14.4 Å². The number of methoxy groups -OCH3 is 2. The highest BCUT2D eigenvalue weighted by molar-refractivity contribution is 5.80. The summed E-state index contributed by atoms with van der Waals surface area (Å²) in [5, 5.41) is 8.74. The Morgan fingerprint density at radius 3 is 2.40 bits per heavy atom. The largest absolute Gasteiger partial charge is 0.493 e. The van der Waals surface area contributed by atoms with Gasteiger partial charge in [-0.25, -0.2) is 4.39 Å². The van der Waals surface area contributed by atoms with E-state index in [4.69, 9.17) is 9.47 Å². The number of rotatable bonds is 5. The van der Waals surface area contributed by atoms with Crippen LogP contribution in [0.5, 0.6) is 11.5 Å². The van der Waals surface area contributed by atoms with Crippen molar-refractivity contribution < 1.29 is 18.7 Å². The van der Waals surface area contributed by atoms with Crippen molar-refractivity contribution in [3.8, 4) is 22.8 Å². The second-order valence-electron chi connectivity index (χ2n) is 9.05. The van der Waals surface area contributed by atoms with E-state index in [-0.39, 0.29) is 17.6 Å². The lowest BCUT2D eigenvalue weighted by atomic mass is 9.93. The number of aromatic nitrogens is 2. The molecule has 0 N–H and O–H groups in total. The normalized spacial score (nSPS) is 17.6. The van der Waals surface area contributed by atoms with Crippen LogP contribution in [0.3, 0.4) is 0 Å². The third-order valence-electron chi connectivity index (χ3n) is 6.91. The smallest absolute Gasteiger partial charge is 0.227 e. The monoisotopic (exact) mass is 476 g/mol. The molecule has 2 aliphatic rings. The van der Waals surface area contributed by atoms with Gasteiger partial charge < -0.3 is 19.3 Å². The molecule has 1 fully saturated rings. The first-order chi connectivity index (χ1) is 17.1. The molecule has 2 aliphatic heterocycles. The van der Waals surface area contributed by atoms with E-state index in [2.05, 4.69) is 15.1 Å². The minimum atomic E-state index is -0.279. The van der Waals surface area contributed by atoms with Gasteiger partial charge in [-0.1, -0.05) is 0 Å². The Bertz CT molecular complexity index is 1200. The minimum absolute atomic E-state index is 0.0796. The summed E-state index contributed by atoms with van der Waals surface area (Å²) in [7, 11) is 3.26. The first-order valence-electron chi connectivity index (χ1n) is 11.9.